The van der Waals surface area contributed by atoms with Gasteiger partial charge in [-0.2, -0.15) is 0 Å². The minimum atomic E-state index is -0.473. The molecule has 4 rings (SSSR count). The first-order chi connectivity index (χ1) is 16.9. The molecule has 1 aliphatic heterocycles. The van der Waals surface area contributed by atoms with E-state index in [0.29, 0.717) is 41.2 Å². The number of hydrazine groups is 1. The summed E-state index contributed by atoms with van der Waals surface area (Å²) in [6.45, 7) is 3.13. The van der Waals surface area contributed by atoms with Crippen molar-refractivity contribution < 1.29 is 19.1 Å². The molecule has 35 heavy (non-hydrogen) atoms. The quantitative estimate of drug-likeness (QED) is 0.371. The molecule has 0 saturated carbocycles. The first-order valence-electron chi connectivity index (χ1n) is 11.2. The van der Waals surface area contributed by atoms with E-state index in [2.05, 4.69) is 10.9 Å². The number of carbonyl (C=O) groups excluding carboxylic acids is 2. The number of hydrogen-bond acceptors (Lipinski definition) is 5. The number of hydrogen-bond donors (Lipinski definition) is 2. The van der Waals surface area contributed by atoms with Gasteiger partial charge in [-0.3, -0.25) is 20.4 Å². The Morgan fingerprint density at radius 1 is 1.03 bits per heavy atom. The molecule has 0 radical (unpaired) electrons. The van der Waals surface area contributed by atoms with Gasteiger partial charge in [-0.25, -0.2) is 0 Å². The van der Waals surface area contributed by atoms with Crippen LogP contribution in [-0.2, 0) is 16.2 Å². The van der Waals surface area contributed by atoms with Crippen molar-refractivity contribution in [3.05, 3.63) is 82.3 Å². The maximum absolute atomic E-state index is 12.7. The Kier molecular flexibility index (Phi) is 8.00. The standard InChI is InChI=1S/C26H25Cl2N3O4/c1-2-34-22-10-8-21(9-11-22)31-15-18(13-25(31)32)26(33)30-29-20-7-12-24(23(28)14-20)35-16-17-3-5-19(27)6-4-17/h3-12,14,18,29H,2,13,15-16H2,1H3,(H,30,33)/t18-/m1/s1. The van der Waals surface area contributed by atoms with Gasteiger partial charge in [-0.1, -0.05) is 35.3 Å². The van der Waals surface area contributed by atoms with Gasteiger partial charge in [0.05, 0.1) is 23.2 Å². The van der Waals surface area contributed by atoms with E-state index >= 15 is 0 Å². The van der Waals surface area contributed by atoms with E-state index in [9.17, 15) is 9.59 Å². The molecule has 0 aromatic heterocycles. The van der Waals surface area contributed by atoms with Crippen LogP contribution in [0, 0.1) is 5.92 Å². The number of amides is 2. The number of ether oxygens (including phenoxy) is 2. The zero-order valence-electron chi connectivity index (χ0n) is 19.1. The van der Waals surface area contributed by atoms with Crippen LogP contribution < -0.4 is 25.2 Å². The molecule has 1 aliphatic rings. The SMILES string of the molecule is CCOc1ccc(N2C[C@H](C(=O)NNc3ccc(OCc4ccc(Cl)cc4)c(Cl)c3)CC2=O)cc1. The summed E-state index contributed by atoms with van der Waals surface area (Å²) in [5.74, 6) is 0.414. The van der Waals surface area contributed by atoms with Crippen molar-refractivity contribution in [3.63, 3.8) is 0 Å². The largest absolute Gasteiger partial charge is 0.494 e. The zero-order chi connectivity index (χ0) is 24.8. The Bertz CT molecular complexity index is 1190. The predicted molar refractivity (Wildman–Crippen MR) is 137 cm³/mol. The summed E-state index contributed by atoms with van der Waals surface area (Å²) < 4.78 is 11.2. The molecule has 1 heterocycles. The minimum Gasteiger partial charge on any atom is -0.494 e. The molecule has 1 fully saturated rings. The van der Waals surface area contributed by atoms with Crippen molar-refractivity contribution >= 4 is 46.4 Å². The molecule has 0 spiro atoms. The number of benzene rings is 3. The van der Waals surface area contributed by atoms with E-state index in [1.54, 1.807) is 35.2 Å². The van der Waals surface area contributed by atoms with Gasteiger partial charge in [-0.05, 0) is 67.1 Å². The highest BCUT2D eigenvalue weighted by Crippen LogP contribution is 2.29. The Balaban J connectivity index is 1.29. The van der Waals surface area contributed by atoms with Crippen LogP contribution in [0.2, 0.25) is 10.0 Å². The molecule has 9 heteroatoms. The van der Waals surface area contributed by atoms with Crippen molar-refractivity contribution in [1.82, 2.24) is 5.43 Å². The van der Waals surface area contributed by atoms with Gasteiger partial charge < -0.3 is 14.4 Å². The van der Waals surface area contributed by atoms with Gasteiger partial charge in [0.25, 0.3) is 0 Å². The smallest absolute Gasteiger partial charge is 0.243 e. The lowest BCUT2D eigenvalue weighted by atomic mass is 10.1. The fourth-order valence-corrected chi connectivity index (χ4v) is 4.06. The predicted octanol–water partition coefficient (Wildman–Crippen LogP) is 5.47. The number of nitrogens with one attached hydrogen (secondary N) is 2. The molecular formula is C26H25Cl2N3O4. The van der Waals surface area contributed by atoms with Gasteiger partial charge in [0, 0.05) is 23.7 Å². The highest BCUT2D eigenvalue weighted by atomic mass is 35.5. The summed E-state index contributed by atoms with van der Waals surface area (Å²) in [6.07, 6.45) is 0.138. The summed E-state index contributed by atoms with van der Waals surface area (Å²) in [5.41, 5.74) is 7.82. The lowest BCUT2D eigenvalue weighted by Gasteiger charge is -2.17. The highest BCUT2D eigenvalue weighted by molar-refractivity contribution is 6.32. The maximum Gasteiger partial charge on any atom is 0.243 e. The second kappa shape index (κ2) is 11.3. The second-order valence-electron chi connectivity index (χ2n) is 8.01. The summed E-state index contributed by atoms with van der Waals surface area (Å²) in [4.78, 5) is 26.8. The van der Waals surface area contributed by atoms with Gasteiger partial charge in [0.2, 0.25) is 11.8 Å². The van der Waals surface area contributed by atoms with Crippen LogP contribution >= 0.6 is 23.2 Å². The van der Waals surface area contributed by atoms with E-state index < -0.39 is 5.92 Å². The fraction of sp³-hybridized carbons (Fsp3) is 0.231. The van der Waals surface area contributed by atoms with Crippen LogP contribution in [0.25, 0.3) is 0 Å². The average molecular weight is 514 g/mol. The number of nitrogens with zero attached hydrogens (tertiary/aromatic N) is 1. The van der Waals surface area contributed by atoms with Crippen LogP contribution in [0.4, 0.5) is 11.4 Å². The molecule has 0 bridgehead atoms. The molecule has 7 nitrogen and oxygen atoms in total. The molecule has 1 saturated heterocycles. The second-order valence-corrected chi connectivity index (χ2v) is 8.85. The topological polar surface area (TPSA) is 79.9 Å². The normalized spacial score (nSPS) is 15.1. The Morgan fingerprint density at radius 2 is 1.77 bits per heavy atom. The van der Waals surface area contributed by atoms with Crippen LogP contribution in [0.5, 0.6) is 11.5 Å². The van der Waals surface area contributed by atoms with Crippen LogP contribution in [0.3, 0.4) is 0 Å². The molecule has 3 aromatic carbocycles. The third kappa shape index (κ3) is 6.38. The summed E-state index contributed by atoms with van der Waals surface area (Å²) >= 11 is 12.2. The van der Waals surface area contributed by atoms with Crippen molar-refractivity contribution in [2.24, 2.45) is 5.92 Å². The Morgan fingerprint density at radius 3 is 2.46 bits per heavy atom. The lowest BCUT2D eigenvalue weighted by Crippen LogP contribution is -2.36. The van der Waals surface area contributed by atoms with Crippen molar-refractivity contribution in [1.29, 1.82) is 0 Å². The number of halogens is 2. The summed E-state index contributed by atoms with van der Waals surface area (Å²) in [5, 5.41) is 1.06. The first-order valence-corrected chi connectivity index (χ1v) is 11.9. The summed E-state index contributed by atoms with van der Waals surface area (Å²) in [6, 6.07) is 19.7. The third-order valence-electron chi connectivity index (χ3n) is 5.52. The van der Waals surface area contributed by atoms with Gasteiger partial charge in [0.1, 0.15) is 18.1 Å². The zero-order valence-corrected chi connectivity index (χ0v) is 20.6. The van der Waals surface area contributed by atoms with Crippen molar-refractivity contribution in [2.45, 2.75) is 20.0 Å². The van der Waals surface area contributed by atoms with E-state index in [1.807, 2.05) is 43.3 Å². The number of anilines is 2. The van der Waals surface area contributed by atoms with E-state index in [-0.39, 0.29) is 18.2 Å². The average Bonchev–Trinajstić information content (AvgIpc) is 3.25. The van der Waals surface area contributed by atoms with Gasteiger partial charge in [-0.15, -0.1) is 0 Å². The van der Waals surface area contributed by atoms with Crippen molar-refractivity contribution in [2.75, 3.05) is 23.5 Å². The van der Waals surface area contributed by atoms with Gasteiger partial charge >= 0.3 is 0 Å². The van der Waals surface area contributed by atoms with Crippen LogP contribution in [0.15, 0.2) is 66.7 Å². The molecule has 0 aliphatic carbocycles. The molecular weight excluding hydrogens is 489 g/mol. The number of carbonyl (C=O) groups is 2. The number of rotatable bonds is 9. The monoisotopic (exact) mass is 513 g/mol. The van der Waals surface area contributed by atoms with Crippen LogP contribution in [0.1, 0.15) is 18.9 Å². The van der Waals surface area contributed by atoms with E-state index in [4.69, 9.17) is 32.7 Å². The summed E-state index contributed by atoms with van der Waals surface area (Å²) in [7, 11) is 0. The molecule has 3 aromatic rings. The van der Waals surface area contributed by atoms with Crippen molar-refractivity contribution in [3.8, 4) is 11.5 Å². The Hall–Kier alpha value is -3.42. The molecule has 2 N–H and O–H groups in total. The highest BCUT2D eigenvalue weighted by Gasteiger charge is 2.35. The Labute approximate surface area is 213 Å². The van der Waals surface area contributed by atoms with Crippen LogP contribution in [-0.4, -0.2) is 25.0 Å². The maximum atomic E-state index is 12.7. The molecule has 182 valence electrons. The molecule has 0 unspecified atom stereocenters. The molecule has 2 amide bonds. The minimum absolute atomic E-state index is 0.0976. The van der Waals surface area contributed by atoms with E-state index in [0.717, 1.165) is 17.0 Å². The molecule has 1 atom stereocenters. The fourth-order valence-electron chi connectivity index (χ4n) is 3.69. The third-order valence-corrected chi connectivity index (χ3v) is 6.07. The lowest BCUT2D eigenvalue weighted by molar-refractivity contribution is -0.125. The van der Waals surface area contributed by atoms with Gasteiger partial charge in [0.15, 0.2) is 0 Å². The first kappa shape index (κ1) is 24.7. The van der Waals surface area contributed by atoms with E-state index in [1.165, 1.54) is 0 Å².